The number of rotatable bonds is 2. The van der Waals surface area contributed by atoms with Gasteiger partial charge in [0.15, 0.2) is 24.2 Å². The van der Waals surface area contributed by atoms with E-state index in [2.05, 4.69) is 50.3 Å². The van der Waals surface area contributed by atoms with E-state index in [0.29, 0.717) is 5.92 Å². The standard InChI is InChI=1S/C11H20O3.C10H18O4.C2H5I.C2H6/c1-6-8-7(2)11(5)9(12-8)13-10(3,4)14-11;1-6-7(5-11)12-8-10(6,4)14-9(2,3)13-8;1-2-3;1-2/h7-9H,6H2,1-5H3;6-8,11H,5H2,1-4H3;2H2,1H3;1-2H3/t7-,8-,9-,11-;6-,7-,8-,10-;;/m11../s1. The fraction of sp³-hybridized carbons (Fsp3) is 1.00. The molecule has 0 aliphatic carbocycles. The van der Waals surface area contributed by atoms with Gasteiger partial charge in [-0.15, -0.1) is 0 Å². The second kappa shape index (κ2) is 12.1. The zero-order valence-corrected chi connectivity index (χ0v) is 25.0. The first-order valence-electron chi connectivity index (χ1n) is 12.4. The van der Waals surface area contributed by atoms with Gasteiger partial charge in [-0.05, 0) is 52.4 Å². The van der Waals surface area contributed by atoms with Gasteiger partial charge in [-0.25, -0.2) is 0 Å². The van der Waals surface area contributed by atoms with E-state index in [1.807, 2.05) is 55.4 Å². The highest BCUT2D eigenvalue weighted by atomic mass is 127. The third-order valence-corrected chi connectivity index (χ3v) is 6.75. The number of ether oxygens (including phenoxy) is 6. The van der Waals surface area contributed by atoms with Crippen LogP contribution in [0.15, 0.2) is 0 Å². The molecule has 33 heavy (non-hydrogen) atoms. The van der Waals surface area contributed by atoms with Gasteiger partial charge in [-0.1, -0.05) is 64.1 Å². The Hall–Kier alpha value is 0.450. The van der Waals surface area contributed by atoms with Crippen molar-refractivity contribution in [2.75, 3.05) is 11.0 Å². The Morgan fingerprint density at radius 2 is 1.06 bits per heavy atom. The molecule has 1 N–H and O–H groups in total. The molecular formula is C25H49IO7. The average molecular weight is 589 g/mol. The minimum Gasteiger partial charge on any atom is -0.394 e. The second-order valence-corrected chi connectivity index (χ2v) is 11.6. The van der Waals surface area contributed by atoms with Crippen molar-refractivity contribution in [1.82, 2.24) is 0 Å². The second-order valence-electron chi connectivity index (χ2n) is 10.1. The lowest BCUT2D eigenvalue weighted by Crippen LogP contribution is -2.40. The maximum Gasteiger partial charge on any atom is 0.190 e. The lowest BCUT2D eigenvalue weighted by atomic mass is 9.88. The molecule has 0 aromatic carbocycles. The maximum absolute atomic E-state index is 9.10. The summed E-state index contributed by atoms with van der Waals surface area (Å²) in [6.45, 7) is 24.2. The topological polar surface area (TPSA) is 75.6 Å². The number of aliphatic hydroxyl groups excluding tert-OH is 1. The largest absolute Gasteiger partial charge is 0.394 e. The Balaban J connectivity index is 0.000000277. The van der Waals surface area contributed by atoms with Crippen molar-refractivity contribution in [3.63, 3.8) is 0 Å². The van der Waals surface area contributed by atoms with Crippen molar-refractivity contribution in [3.05, 3.63) is 0 Å². The zero-order valence-electron chi connectivity index (χ0n) is 22.9. The molecule has 4 aliphatic heterocycles. The van der Waals surface area contributed by atoms with Crippen molar-refractivity contribution in [2.24, 2.45) is 11.8 Å². The first-order chi connectivity index (χ1) is 15.2. The third kappa shape index (κ3) is 6.81. The van der Waals surface area contributed by atoms with Gasteiger partial charge in [0.05, 0.1) is 18.8 Å². The van der Waals surface area contributed by atoms with Crippen LogP contribution in [0.1, 0.15) is 89.5 Å². The first-order valence-corrected chi connectivity index (χ1v) is 14.0. The predicted octanol–water partition coefficient (Wildman–Crippen LogP) is 5.65. The monoisotopic (exact) mass is 588 g/mol. The number of hydrogen-bond donors (Lipinski definition) is 1. The van der Waals surface area contributed by atoms with E-state index in [4.69, 9.17) is 33.5 Å². The molecule has 0 spiro atoms. The zero-order chi connectivity index (χ0) is 25.8. The summed E-state index contributed by atoms with van der Waals surface area (Å²) in [5, 5.41) is 9.10. The van der Waals surface area contributed by atoms with E-state index < -0.39 is 17.2 Å². The van der Waals surface area contributed by atoms with Crippen molar-refractivity contribution in [1.29, 1.82) is 0 Å². The van der Waals surface area contributed by atoms with Crippen LogP contribution in [-0.4, -0.2) is 63.7 Å². The summed E-state index contributed by atoms with van der Waals surface area (Å²) in [7, 11) is 0. The van der Waals surface area contributed by atoms with Gasteiger partial charge in [-0.2, -0.15) is 0 Å². The molecule has 4 fully saturated rings. The smallest absolute Gasteiger partial charge is 0.190 e. The average Bonchev–Trinajstić information content (AvgIpc) is 3.29. The highest BCUT2D eigenvalue weighted by Crippen LogP contribution is 2.49. The van der Waals surface area contributed by atoms with Crippen molar-refractivity contribution in [2.45, 2.75) is 137 Å². The summed E-state index contributed by atoms with van der Waals surface area (Å²) in [6, 6.07) is 0. The molecule has 8 atom stereocenters. The molecule has 0 unspecified atom stereocenters. The highest BCUT2D eigenvalue weighted by molar-refractivity contribution is 14.1. The lowest BCUT2D eigenvalue weighted by molar-refractivity contribution is -0.215. The SMILES string of the molecule is CC.CCI.CC[C@H]1O[C@@H]2OC(C)(C)O[C@]2(C)[C@@H]1C.C[C@@H]1[C@@H](CO)O[C@@H]2OC(C)(C)O[C@@]21C. The van der Waals surface area contributed by atoms with E-state index >= 15 is 0 Å². The molecule has 4 aliphatic rings. The Morgan fingerprint density at radius 1 is 0.727 bits per heavy atom. The molecule has 4 heterocycles. The van der Waals surface area contributed by atoms with E-state index in [9.17, 15) is 0 Å². The summed E-state index contributed by atoms with van der Waals surface area (Å²) in [5.41, 5.74) is -0.707. The summed E-state index contributed by atoms with van der Waals surface area (Å²) < 4.78 is 35.8. The lowest BCUT2D eigenvalue weighted by Gasteiger charge is -2.28. The van der Waals surface area contributed by atoms with Gasteiger partial charge >= 0.3 is 0 Å². The number of fused-ring (bicyclic) bond motifs is 2. The summed E-state index contributed by atoms with van der Waals surface area (Å²) in [4.78, 5) is 0. The summed E-state index contributed by atoms with van der Waals surface area (Å²) in [6.07, 6.45) is 0.546. The van der Waals surface area contributed by atoms with Gasteiger partial charge < -0.3 is 33.5 Å². The Kier molecular flexibility index (Phi) is 11.6. The number of halogens is 1. The number of aliphatic hydroxyl groups is 1. The maximum atomic E-state index is 9.10. The quantitative estimate of drug-likeness (QED) is 0.330. The van der Waals surface area contributed by atoms with E-state index in [1.165, 1.54) is 4.43 Å². The van der Waals surface area contributed by atoms with E-state index in [0.717, 1.165) is 6.42 Å². The fourth-order valence-corrected chi connectivity index (χ4v) is 4.84. The van der Waals surface area contributed by atoms with Crippen LogP contribution < -0.4 is 0 Å². The highest BCUT2D eigenvalue weighted by Gasteiger charge is 2.62. The van der Waals surface area contributed by atoms with Crippen LogP contribution in [0.5, 0.6) is 0 Å². The third-order valence-electron chi connectivity index (χ3n) is 6.75. The molecule has 8 heteroatoms. The van der Waals surface area contributed by atoms with E-state index in [-0.39, 0.29) is 42.9 Å². The number of hydrogen-bond acceptors (Lipinski definition) is 7. The molecular weight excluding hydrogens is 539 g/mol. The fourth-order valence-electron chi connectivity index (χ4n) is 4.84. The van der Waals surface area contributed by atoms with Crippen molar-refractivity contribution in [3.8, 4) is 0 Å². The molecule has 0 amide bonds. The molecule has 7 nitrogen and oxygen atoms in total. The summed E-state index contributed by atoms with van der Waals surface area (Å²) in [5.74, 6) is -0.570. The van der Waals surface area contributed by atoms with Crippen LogP contribution >= 0.6 is 22.6 Å². The molecule has 0 bridgehead atoms. The molecule has 4 saturated heterocycles. The molecule has 198 valence electrons. The summed E-state index contributed by atoms with van der Waals surface area (Å²) >= 11 is 2.29. The van der Waals surface area contributed by atoms with Gasteiger partial charge in [0.25, 0.3) is 0 Å². The van der Waals surface area contributed by atoms with Gasteiger partial charge in [0, 0.05) is 11.8 Å². The van der Waals surface area contributed by atoms with Crippen LogP contribution in [0.3, 0.4) is 0 Å². The molecule has 4 rings (SSSR count). The minimum absolute atomic E-state index is 0.0143. The van der Waals surface area contributed by atoms with E-state index in [1.54, 1.807) is 0 Å². The van der Waals surface area contributed by atoms with Crippen LogP contribution in [-0.2, 0) is 28.4 Å². The van der Waals surface area contributed by atoms with Crippen molar-refractivity contribution >= 4 is 22.6 Å². The molecule has 0 radical (unpaired) electrons. The minimum atomic E-state index is -0.589. The normalized spacial score (nSPS) is 43.8. The van der Waals surface area contributed by atoms with Gasteiger partial charge in [0.1, 0.15) is 11.2 Å². The predicted molar refractivity (Wildman–Crippen MR) is 138 cm³/mol. The van der Waals surface area contributed by atoms with Gasteiger partial charge in [-0.3, -0.25) is 0 Å². The Bertz CT molecular complexity index is 551. The van der Waals surface area contributed by atoms with Crippen LogP contribution in [0, 0.1) is 11.8 Å². The molecule has 0 aromatic rings. The Labute approximate surface area is 215 Å². The van der Waals surface area contributed by atoms with Crippen LogP contribution in [0.2, 0.25) is 0 Å². The van der Waals surface area contributed by atoms with Crippen LogP contribution in [0.25, 0.3) is 0 Å². The molecule has 0 saturated carbocycles. The first kappa shape index (κ1) is 31.5. The Morgan fingerprint density at radius 3 is 1.36 bits per heavy atom. The van der Waals surface area contributed by atoms with Gasteiger partial charge in [0.2, 0.25) is 0 Å². The van der Waals surface area contributed by atoms with Crippen LogP contribution in [0.4, 0.5) is 0 Å². The number of alkyl halides is 1. The molecule has 0 aromatic heterocycles. The van der Waals surface area contributed by atoms with Crippen molar-refractivity contribution < 1.29 is 33.5 Å².